The van der Waals surface area contributed by atoms with E-state index in [0.29, 0.717) is 0 Å². The number of hydrogen-bond acceptors (Lipinski definition) is 5. The SMILES string of the molecule is COCc1cccc(C(=O)O[C@H](C)C(=O)N2CC(=O)Nc3cc(C(F)(F)F)ccc32)c1. The Morgan fingerprint density at radius 3 is 2.61 bits per heavy atom. The summed E-state index contributed by atoms with van der Waals surface area (Å²) in [6, 6.07) is 9.14. The average Bonchev–Trinajstić information content (AvgIpc) is 2.71. The predicted molar refractivity (Wildman–Crippen MR) is 104 cm³/mol. The van der Waals surface area contributed by atoms with Gasteiger partial charge in [0.05, 0.1) is 29.1 Å². The number of carbonyl (C=O) groups is 3. The lowest BCUT2D eigenvalue weighted by Crippen LogP contribution is -2.47. The zero-order chi connectivity index (χ0) is 22.8. The Labute approximate surface area is 175 Å². The lowest BCUT2D eigenvalue weighted by Gasteiger charge is -2.31. The van der Waals surface area contributed by atoms with Crippen molar-refractivity contribution in [3.05, 3.63) is 59.2 Å². The van der Waals surface area contributed by atoms with Crippen LogP contribution in [0.15, 0.2) is 42.5 Å². The zero-order valence-corrected chi connectivity index (χ0v) is 16.7. The molecular weight excluding hydrogens is 417 g/mol. The number of methoxy groups -OCH3 is 1. The summed E-state index contributed by atoms with van der Waals surface area (Å²) < 4.78 is 49.1. The maximum Gasteiger partial charge on any atom is 0.416 e. The number of nitrogens with one attached hydrogen (secondary N) is 1. The zero-order valence-electron chi connectivity index (χ0n) is 16.7. The molecule has 3 rings (SSSR count). The molecule has 2 aromatic rings. The summed E-state index contributed by atoms with van der Waals surface area (Å²) in [6.07, 6.45) is -5.88. The van der Waals surface area contributed by atoms with Gasteiger partial charge in [-0.2, -0.15) is 13.2 Å². The topological polar surface area (TPSA) is 84.9 Å². The maximum atomic E-state index is 13.0. The van der Waals surface area contributed by atoms with Crippen molar-refractivity contribution in [2.45, 2.75) is 25.8 Å². The number of hydrogen-bond donors (Lipinski definition) is 1. The summed E-state index contributed by atoms with van der Waals surface area (Å²) in [5.41, 5.74) is -0.0806. The molecule has 164 valence electrons. The largest absolute Gasteiger partial charge is 0.449 e. The molecule has 0 fully saturated rings. The molecule has 0 saturated carbocycles. The fraction of sp³-hybridized carbons (Fsp3) is 0.286. The highest BCUT2D eigenvalue weighted by Crippen LogP contribution is 2.37. The van der Waals surface area contributed by atoms with Gasteiger partial charge in [-0.05, 0) is 42.8 Å². The van der Waals surface area contributed by atoms with Gasteiger partial charge in [-0.1, -0.05) is 12.1 Å². The van der Waals surface area contributed by atoms with Crippen molar-refractivity contribution in [3.8, 4) is 0 Å². The third kappa shape index (κ3) is 5.02. The Balaban J connectivity index is 1.79. The summed E-state index contributed by atoms with van der Waals surface area (Å²) in [5.74, 6) is -2.16. The molecule has 0 aromatic heterocycles. The Morgan fingerprint density at radius 1 is 1.19 bits per heavy atom. The highest BCUT2D eigenvalue weighted by Gasteiger charge is 2.35. The van der Waals surface area contributed by atoms with E-state index in [-0.39, 0.29) is 23.5 Å². The number of halogens is 3. The van der Waals surface area contributed by atoms with Gasteiger partial charge in [0.1, 0.15) is 6.54 Å². The molecule has 31 heavy (non-hydrogen) atoms. The summed E-state index contributed by atoms with van der Waals surface area (Å²) in [6.45, 7) is 1.20. The number of amides is 2. The molecule has 10 heteroatoms. The van der Waals surface area contributed by atoms with E-state index >= 15 is 0 Å². The van der Waals surface area contributed by atoms with E-state index in [1.165, 1.54) is 20.1 Å². The smallest absolute Gasteiger partial charge is 0.416 e. The van der Waals surface area contributed by atoms with Gasteiger partial charge in [0.25, 0.3) is 5.91 Å². The van der Waals surface area contributed by atoms with Crippen LogP contribution in [0.25, 0.3) is 0 Å². The van der Waals surface area contributed by atoms with Crippen LogP contribution in [0, 0.1) is 0 Å². The molecule has 0 saturated heterocycles. The lowest BCUT2D eigenvalue weighted by molar-refractivity contribution is -0.137. The van der Waals surface area contributed by atoms with Crippen molar-refractivity contribution in [2.75, 3.05) is 23.9 Å². The van der Waals surface area contributed by atoms with Crippen molar-refractivity contribution in [2.24, 2.45) is 0 Å². The molecule has 0 spiro atoms. The van der Waals surface area contributed by atoms with E-state index in [1.54, 1.807) is 18.2 Å². The van der Waals surface area contributed by atoms with Crippen LogP contribution >= 0.6 is 0 Å². The molecule has 0 unspecified atom stereocenters. The minimum atomic E-state index is -4.60. The van der Waals surface area contributed by atoms with Gasteiger partial charge in [0.15, 0.2) is 6.10 Å². The Bertz CT molecular complexity index is 1020. The molecule has 0 radical (unpaired) electrons. The molecule has 0 aliphatic carbocycles. The van der Waals surface area contributed by atoms with Gasteiger partial charge in [0, 0.05) is 7.11 Å². The van der Waals surface area contributed by atoms with Crippen molar-refractivity contribution in [1.82, 2.24) is 0 Å². The van der Waals surface area contributed by atoms with Gasteiger partial charge in [-0.25, -0.2) is 4.79 Å². The fourth-order valence-corrected chi connectivity index (χ4v) is 3.12. The number of esters is 1. The number of anilines is 2. The second-order valence-corrected chi connectivity index (χ2v) is 6.88. The normalized spacial score (nSPS) is 14.5. The lowest BCUT2D eigenvalue weighted by atomic mass is 10.1. The number of nitrogens with zero attached hydrogens (tertiary/aromatic N) is 1. The van der Waals surface area contributed by atoms with Gasteiger partial charge in [-0.3, -0.25) is 14.5 Å². The molecule has 0 bridgehead atoms. The predicted octanol–water partition coefficient (Wildman–Crippen LogP) is 3.38. The number of benzene rings is 2. The van der Waals surface area contributed by atoms with Gasteiger partial charge in [0.2, 0.25) is 5.91 Å². The molecule has 1 aliphatic heterocycles. The van der Waals surface area contributed by atoms with Crippen LogP contribution in [0.4, 0.5) is 24.5 Å². The van der Waals surface area contributed by atoms with Crippen LogP contribution < -0.4 is 10.2 Å². The molecular formula is C21H19F3N2O5. The van der Waals surface area contributed by atoms with Gasteiger partial charge >= 0.3 is 12.1 Å². The molecule has 7 nitrogen and oxygen atoms in total. The summed E-state index contributed by atoms with van der Waals surface area (Å²) >= 11 is 0. The van der Waals surface area contributed by atoms with Gasteiger partial charge in [-0.15, -0.1) is 0 Å². The maximum absolute atomic E-state index is 13.0. The van der Waals surface area contributed by atoms with Crippen molar-refractivity contribution < 1.29 is 37.0 Å². The second kappa shape index (κ2) is 8.76. The van der Waals surface area contributed by atoms with Crippen molar-refractivity contribution >= 4 is 29.2 Å². The van der Waals surface area contributed by atoms with Crippen molar-refractivity contribution in [3.63, 3.8) is 0 Å². The first-order valence-electron chi connectivity index (χ1n) is 9.21. The average molecular weight is 436 g/mol. The minimum absolute atomic E-state index is 0.0857. The first-order valence-corrected chi connectivity index (χ1v) is 9.21. The number of alkyl halides is 3. The van der Waals surface area contributed by atoms with Crippen LogP contribution in [-0.4, -0.2) is 37.5 Å². The molecule has 2 aromatic carbocycles. The van der Waals surface area contributed by atoms with E-state index in [0.717, 1.165) is 28.7 Å². The van der Waals surface area contributed by atoms with E-state index in [9.17, 15) is 27.6 Å². The molecule has 2 amide bonds. The first kappa shape index (κ1) is 22.3. The fourth-order valence-electron chi connectivity index (χ4n) is 3.12. The van der Waals surface area contributed by atoms with Crippen LogP contribution in [0.3, 0.4) is 0 Å². The van der Waals surface area contributed by atoms with E-state index in [1.807, 2.05) is 0 Å². The summed E-state index contributed by atoms with van der Waals surface area (Å²) in [5, 5.41) is 2.33. The first-order chi connectivity index (χ1) is 14.6. The summed E-state index contributed by atoms with van der Waals surface area (Å²) in [7, 11) is 1.51. The van der Waals surface area contributed by atoms with Gasteiger partial charge < -0.3 is 14.8 Å². The third-order valence-electron chi connectivity index (χ3n) is 4.56. The van der Waals surface area contributed by atoms with E-state index < -0.39 is 42.2 Å². The van der Waals surface area contributed by atoms with E-state index in [2.05, 4.69) is 5.32 Å². The minimum Gasteiger partial charge on any atom is -0.449 e. The standard InChI is InChI=1S/C21H19F3N2O5/c1-12(31-20(29)14-5-3-4-13(8-14)11-30-2)19(28)26-10-18(27)25-16-9-15(21(22,23)24)6-7-17(16)26/h3-9,12H,10-11H2,1-2H3,(H,25,27)/t12-/m1/s1. The molecule has 1 N–H and O–H groups in total. The monoisotopic (exact) mass is 436 g/mol. The molecule has 1 atom stereocenters. The number of carbonyl (C=O) groups excluding carboxylic acids is 3. The van der Waals surface area contributed by atoms with Crippen LogP contribution in [0.1, 0.15) is 28.4 Å². The van der Waals surface area contributed by atoms with Crippen LogP contribution in [-0.2, 0) is 31.8 Å². The molecule has 1 aliphatic rings. The highest BCUT2D eigenvalue weighted by molar-refractivity contribution is 6.11. The third-order valence-corrected chi connectivity index (χ3v) is 4.56. The number of fused-ring (bicyclic) bond motifs is 1. The highest BCUT2D eigenvalue weighted by atomic mass is 19.4. The molecule has 1 heterocycles. The van der Waals surface area contributed by atoms with E-state index in [4.69, 9.17) is 9.47 Å². The number of ether oxygens (including phenoxy) is 2. The van der Waals surface area contributed by atoms with Crippen LogP contribution in [0.5, 0.6) is 0 Å². The Hall–Kier alpha value is -3.40. The number of rotatable bonds is 5. The van der Waals surface area contributed by atoms with Crippen LogP contribution in [0.2, 0.25) is 0 Å². The quantitative estimate of drug-likeness (QED) is 0.727. The Morgan fingerprint density at radius 2 is 1.94 bits per heavy atom. The summed E-state index contributed by atoms with van der Waals surface area (Å²) in [4.78, 5) is 38.2. The van der Waals surface area contributed by atoms with Crippen molar-refractivity contribution in [1.29, 1.82) is 0 Å². The Kier molecular flexibility index (Phi) is 6.30. The second-order valence-electron chi connectivity index (χ2n) is 6.88.